The van der Waals surface area contributed by atoms with Crippen molar-refractivity contribution < 1.29 is 19.5 Å². The van der Waals surface area contributed by atoms with Gasteiger partial charge in [0, 0.05) is 12.6 Å². The van der Waals surface area contributed by atoms with Crippen LogP contribution in [0.5, 0.6) is 0 Å². The zero-order valence-electron chi connectivity index (χ0n) is 20.0. The van der Waals surface area contributed by atoms with E-state index in [-0.39, 0.29) is 28.7 Å². The Balaban J connectivity index is 5.89. The van der Waals surface area contributed by atoms with Crippen LogP contribution in [0.4, 0.5) is 0 Å². The van der Waals surface area contributed by atoms with Gasteiger partial charge in [0.25, 0.3) is 0 Å². The predicted octanol–water partition coefficient (Wildman–Crippen LogP) is 2.67. The summed E-state index contributed by atoms with van der Waals surface area (Å²) in [5.74, 6) is -1.49. The molecule has 2 amide bonds. The van der Waals surface area contributed by atoms with Gasteiger partial charge in [0.15, 0.2) is 0 Å². The Hall–Kier alpha value is -1.89. The van der Waals surface area contributed by atoms with Crippen LogP contribution in [0.2, 0.25) is 0 Å². The van der Waals surface area contributed by atoms with E-state index in [0.717, 1.165) is 0 Å². The van der Waals surface area contributed by atoms with Gasteiger partial charge in [0.2, 0.25) is 11.8 Å². The second kappa shape index (κ2) is 10.2. The van der Waals surface area contributed by atoms with Crippen LogP contribution in [0.25, 0.3) is 0 Å². The van der Waals surface area contributed by atoms with Crippen molar-refractivity contribution in [3.63, 3.8) is 0 Å². The van der Waals surface area contributed by atoms with Crippen LogP contribution in [0, 0.1) is 16.7 Å². The molecule has 3 N–H and O–H groups in total. The number of amides is 2. The number of hydrogen-bond acceptors (Lipinski definition) is 4. The molecule has 0 saturated heterocycles. The number of carbonyl (C=O) groups is 3. The van der Waals surface area contributed by atoms with Crippen molar-refractivity contribution in [2.45, 2.75) is 80.4 Å². The average molecular weight is 412 g/mol. The number of nitrogens with zero attached hydrogens (tertiary/aromatic N) is 1. The van der Waals surface area contributed by atoms with E-state index in [1.54, 1.807) is 25.1 Å². The first-order valence-electron chi connectivity index (χ1n) is 10.1. The first-order valence-corrected chi connectivity index (χ1v) is 10.1. The molecule has 168 valence electrons. The highest BCUT2D eigenvalue weighted by atomic mass is 16.4. The monoisotopic (exact) mass is 411 g/mol. The smallest absolute Gasteiger partial charge is 0.331 e. The van der Waals surface area contributed by atoms with E-state index in [1.807, 2.05) is 55.4 Å². The molecule has 3 unspecified atom stereocenters. The van der Waals surface area contributed by atoms with Crippen molar-refractivity contribution >= 4 is 17.8 Å². The van der Waals surface area contributed by atoms with Gasteiger partial charge in [-0.1, -0.05) is 61.5 Å². The van der Waals surface area contributed by atoms with Gasteiger partial charge in [-0.25, -0.2) is 4.79 Å². The third-order valence-corrected chi connectivity index (χ3v) is 5.05. The van der Waals surface area contributed by atoms with Crippen molar-refractivity contribution in [2.75, 3.05) is 14.1 Å². The lowest BCUT2D eigenvalue weighted by Gasteiger charge is -2.39. The molecule has 7 heteroatoms. The van der Waals surface area contributed by atoms with Gasteiger partial charge < -0.3 is 20.6 Å². The summed E-state index contributed by atoms with van der Waals surface area (Å²) in [4.78, 5) is 39.1. The molecule has 0 heterocycles. The fourth-order valence-corrected chi connectivity index (χ4v) is 3.26. The van der Waals surface area contributed by atoms with Gasteiger partial charge in [-0.3, -0.25) is 9.59 Å². The lowest BCUT2D eigenvalue weighted by Crippen LogP contribution is -2.60. The first-order chi connectivity index (χ1) is 12.9. The molecule has 0 rings (SSSR count). The van der Waals surface area contributed by atoms with Gasteiger partial charge in [-0.2, -0.15) is 0 Å². The lowest BCUT2D eigenvalue weighted by molar-refractivity contribution is -0.141. The Labute approximate surface area is 176 Å². The molecule has 0 aliphatic carbocycles. The minimum atomic E-state index is -1.01. The second-order valence-electron chi connectivity index (χ2n) is 10.2. The van der Waals surface area contributed by atoms with Gasteiger partial charge in [-0.15, -0.1) is 0 Å². The van der Waals surface area contributed by atoms with E-state index in [2.05, 4.69) is 10.6 Å². The van der Waals surface area contributed by atoms with E-state index >= 15 is 0 Å². The Morgan fingerprint density at radius 3 is 1.72 bits per heavy atom. The fourth-order valence-electron chi connectivity index (χ4n) is 3.26. The number of likely N-dealkylation sites (N-methyl/N-ethyl adjacent to an activating group) is 2. The van der Waals surface area contributed by atoms with Crippen LogP contribution in [0.15, 0.2) is 11.6 Å². The molecule has 0 aliphatic rings. The van der Waals surface area contributed by atoms with Crippen LogP contribution in [0.1, 0.15) is 62.3 Å². The normalized spacial score (nSPS) is 16.2. The molecule has 0 aromatic heterocycles. The van der Waals surface area contributed by atoms with E-state index in [4.69, 9.17) is 0 Å². The highest BCUT2D eigenvalue weighted by molar-refractivity contribution is 5.91. The number of aliphatic carboxylic acids is 1. The number of hydrogen-bond donors (Lipinski definition) is 3. The Morgan fingerprint density at radius 1 is 0.966 bits per heavy atom. The summed E-state index contributed by atoms with van der Waals surface area (Å²) < 4.78 is 0. The van der Waals surface area contributed by atoms with Crippen LogP contribution >= 0.6 is 0 Å². The molecule has 0 bridgehead atoms. The average Bonchev–Trinajstić information content (AvgIpc) is 2.53. The SMILES string of the molecule is CNC(C(=O)NC(C(=O)N(C)C(/C=C(\C)C(=O)O)C(C)C)C(C)(C)C)C(C)(C)C. The molecule has 0 saturated carbocycles. The summed E-state index contributed by atoms with van der Waals surface area (Å²) in [6.07, 6.45) is 1.60. The summed E-state index contributed by atoms with van der Waals surface area (Å²) in [6.45, 7) is 17.0. The largest absolute Gasteiger partial charge is 0.478 e. The van der Waals surface area contributed by atoms with Crippen molar-refractivity contribution in [3.8, 4) is 0 Å². The summed E-state index contributed by atoms with van der Waals surface area (Å²) in [5.41, 5.74) is -0.662. The third-order valence-electron chi connectivity index (χ3n) is 5.05. The Bertz CT molecular complexity index is 627. The standard InChI is InChI=1S/C22H41N3O4/c1-13(2)15(12-14(3)20(28)29)25(11)19(27)17(22(7,8)9)24-18(26)16(23-10)21(4,5)6/h12-13,15-17,23H,1-11H3,(H,24,26)(H,28,29)/b14-12+. The number of carboxylic acids is 1. The fraction of sp³-hybridized carbons (Fsp3) is 0.773. The predicted molar refractivity (Wildman–Crippen MR) is 116 cm³/mol. The topological polar surface area (TPSA) is 98.7 Å². The van der Waals surface area contributed by atoms with E-state index in [9.17, 15) is 19.5 Å². The molecule has 3 atom stereocenters. The lowest BCUT2D eigenvalue weighted by atomic mass is 9.83. The maximum absolute atomic E-state index is 13.4. The van der Waals surface area contributed by atoms with Gasteiger partial charge in [-0.05, 0) is 30.7 Å². The quantitative estimate of drug-likeness (QED) is 0.533. The minimum absolute atomic E-state index is 0.00852. The molecule has 0 fully saturated rings. The zero-order chi connectivity index (χ0) is 23.3. The van der Waals surface area contributed by atoms with Crippen LogP contribution < -0.4 is 10.6 Å². The molecule has 0 aliphatic heterocycles. The van der Waals surface area contributed by atoms with Crippen LogP contribution in [-0.2, 0) is 14.4 Å². The molecule has 29 heavy (non-hydrogen) atoms. The number of carbonyl (C=O) groups excluding carboxylic acids is 2. The van der Waals surface area contributed by atoms with Crippen molar-refractivity contribution in [1.29, 1.82) is 0 Å². The third kappa shape index (κ3) is 7.80. The summed E-state index contributed by atoms with van der Waals surface area (Å²) in [6, 6.07) is -1.61. The molecule has 0 spiro atoms. The van der Waals surface area contributed by atoms with E-state index < -0.39 is 29.5 Å². The minimum Gasteiger partial charge on any atom is -0.478 e. The molecule has 7 nitrogen and oxygen atoms in total. The van der Waals surface area contributed by atoms with Gasteiger partial charge >= 0.3 is 5.97 Å². The molecule has 0 radical (unpaired) electrons. The van der Waals surface area contributed by atoms with Gasteiger partial charge in [0.05, 0.1) is 12.1 Å². The maximum Gasteiger partial charge on any atom is 0.331 e. The van der Waals surface area contributed by atoms with E-state index in [0.29, 0.717) is 0 Å². The number of carboxylic acid groups (broad SMARTS) is 1. The summed E-state index contributed by atoms with van der Waals surface area (Å²) in [5, 5.41) is 15.2. The summed E-state index contributed by atoms with van der Waals surface area (Å²) in [7, 11) is 3.38. The molecule has 0 aromatic carbocycles. The second-order valence-corrected chi connectivity index (χ2v) is 10.2. The molecular formula is C22H41N3O4. The first kappa shape index (κ1) is 27.1. The summed E-state index contributed by atoms with van der Waals surface area (Å²) >= 11 is 0. The zero-order valence-corrected chi connectivity index (χ0v) is 20.0. The van der Waals surface area contributed by atoms with Crippen molar-refractivity contribution in [3.05, 3.63) is 11.6 Å². The van der Waals surface area contributed by atoms with Crippen LogP contribution in [0.3, 0.4) is 0 Å². The maximum atomic E-state index is 13.4. The highest BCUT2D eigenvalue weighted by Crippen LogP contribution is 2.25. The van der Waals surface area contributed by atoms with E-state index in [1.165, 1.54) is 6.92 Å². The van der Waals surface area contributed by atoms with Crippen LogP contribution in [-0.4, -0.2) is 60.0 Å². The highest BCUT2D eigenvalue weighted by Gasteiger charge is 2.39. The van der Waals surface area contributed by atoms with Crippen molar-refractivity contribution in [2.24, 2.45) is 16.7 Å². The molecular weight excluding hydrogens is 370 g/mol. The Kier molecular flexibility index (Phi) is 9.57. The number of nitrogens with one attached hydrogen (secondary N) is 2. The van der Waals surface area contributed by atoms with Crippen molar-refractivity contribution in [1.82, 2.24) is 15.5 Å². The molecule has 0 aromatic rings. The number of rotatable bonds is 8. The van der Waals surface area contributed by atoms with Gasteiger partial charge in [0.1, 0.15) is 6.04 Å². The Morgan fingerprint density at radius 2 is 1.41 bits per heavy atom.